The Morgan fingerprint density at radius 3 is 0.792 bits per heavy atom. The Morgan fingerprint density at radius 1 is 0.167 bits per heavy atom. The molecule has 676 valence electrons. The molecule has 0 atom stereocenters. The number of para-hydroxylation sites is 4. The first-order valence-electron chi connectivity index (χ1n) is 49.4. The van der Waals surface area contributed by atoms with E-state index in [0.717, 1.165) is 156 Å². The minimum Gasteiger partial charge on any atom is -0.456 e. The molecular formula is C134H88N8O2. The SMILES string of the molecule is CC1(C)c2ccccc2-c2cc3c4cc(-c5ccc6c(c5)c5cc7c(cc5n6-c5ccccc5)oc5ccccc57)ccc4n(-c4ccc(-c5cc(-c6ccccc6)nc(-c6ccccc6)n5)cc4)c3cc21.CC1(C)c2ccccc2-c2cc3c4cc(-c5ccc6c(c5)c5cc7c(cc5n6-c5ccccc5)oc5ccccc57)ccc4n(-c4ccc(-c5nc(-c6ccccc6)cc(-c6ccccc6)n5)cc4)c3cc21. The normalized spacial score (nSPS) is 13.0. The van der Waals surface area contributed by atoms with Crippen LogP contribution < -0.4 is 0 Å². The van der Waals surface area contributed by atoms with Crippen molar-refractivity contribution in [3.63, 3.8) is 0 Å². The Labute approximate surface area is 829 Å². The first-order valence-corrected chi connectivity index (χ1v) is 49.4. The molecule has 0 amide bonds. The molecule has 144 heavy (non-hydrogen) atoms. The van der Waals surface area contributed by atoms with E-state index in [0.29, 0.717) is 11.6 Å². The molecule has 0 saturated carbocycles. The molecule has 28 aromatic rings. The van der Waals surface area contributed by atoms with E-state index >= 15 is 0 Å². The Hall–Kier alpha value is -18.6. The number of fused-ring (bicyclic) bond motifs is 24. The van der Waals surface area contributed by atoms with Gasteiger partial charge in [-0.1, -0.05) is 307 Å². The summed E-state index contributed by atoms with van der Waals surface area (Å²) in [6.45, 7) is 9.45. The van der Waals surface area contributed by atoms with Gasteiger partial charge in [0.2, 0.25) is 0 Å². The van der Waals surface area contributed by atoms with E-state index in [4.69, 9.17) is 28.8 Å². The summed E-state index contributed by atoms with van der Waals surface area (Å²) < 4.78 is 22.6. The van der Waals surface area contributed by atoms with Crippen molar-refractivity contribution in [2.45, 2.75) is 38.5 Å². The van der Waals surface area contributed by atoms with Crippen molar-refractivity contribution in [3.8, 4) is 135 Å². The number of rotatable bonds is 12. The van der Waals surface area contributed by atoms with Gasteiger partial charge in [-0.15, -0.1) is 0 Å². The van der Waals surface area contributed by atoms with Crippen LogP contribution in [-0.2, 0) is 10.8 Å². The lowest BCUT2D eigenvalue weighted by molar-refractivity contribution is 0.661. The molecule has 10 heteroatoms. The van der Waals surface area contributed by atoms with Gasteiger partial charge in [0, 0.05) is 144 Å². The van der Waals surface area contributed by atoms with Crippen molar-refractivity contribution in [1.82, 2.24) is 38.2 Å². The minimum atomic E-state index is -0.156. The van der Waals surface area contributed by atoms with Crippen LogP contribution in [0.15, 0.2) is 470 Å². The van der Waals surface area contributed by atoms with Crippen LogP contribution in [0.5, 0.6) is 0 Å². The van der Waals surface area contributed by atoms with Gasteiger partial charge in [-0.05, 0) is 237 Å². The van der Waals surface area contributed by atoms with Gasteiger partial charge >= 0.3 is 0 Å². The molecule has 10 nitrogen and oxygen atoms in total. The van der Waals surface area contributed by atoms with Crippen LogP contribution in [0.25, 0.3) is 266 Å². The minimum absolute atomic E-state index is 0.154. The van der Waals surface area contributed by atoms with Gasteiger partial charge in [0.1, 0.15) is 22.3 Å². The first kappa shape index (κ1) is 82.4. The molecule has 8 heterocycles. The topological polar surface area (TPSA) is 97.6 Å². The van der Waals surface area contributed by atoms with E-state index in [-0.39, 0.29) is 10.8 Å². The summed E-state index contributed by atoms with van der Waals surface area (Å²) in [6.07, 6.45) is 0. The number of benzene rings is 20. The van der Waals surface area contributed by atoms with Gasteiger partial charge in [0.15, 0.2) is 11.6 Å². The smallest absolute Gasteiger partial charge is 0.160 e. The number of furan rings is 2. The van der Waals surface area contributed by atoms with Gasteiger partial charge in [-0.2, -0.15) is 0 Å². The van der Waals surface area contributed by atoms with Crippen molar-refractivity contribution in [1.29, 1.82) is 0 Å². The number of hydrogen-bond donors (Lipinski definition) is 0. The van der Waals surface area contributed by atoms with Crippen molar-refractivity contribution >= 4 is 131 Å². The van der Waals surface area contributed by atoms with Crippen molar-refractivity contribution in [3.05, 3.63) is 483 Å². The van der Waals surface area contributed by atoms with Gasteiger partial charge in [-0.25, -0.2) is 19.9 Å². The second kappa shape index (κ2) is 32.0. The van der Waals surface area contributed by atoms with E-state index < -0.39 is 0 Å². The van der Waals surface area contributed by atoms with Crippen LogP contribution in [0.4, 0.5) is 0 Å². The largest absolute Gasteiger partial charge is 0.456 e. The maximum atomic E-state index is 6.45. The summed E-state index contributed by atoms with van der Waals surface area (Å²) in [5.41, 5.74) is 41.9. The molecule has 0 N–H and O–H groups in total. The van der Waals surface area contributed by atoms with Gasteiger partial charge < -0.3 is 27.1 Å². The predicted molar refractivity (Wildman–Crippen MR) is 595 cm³/mol. The Bertz CT molecular complexity index is 9470. The summed E-state index contributed by atoms with van der Waals surface area (Å²) >= 11 is 0. The Kier molecular flexibility index (Phi) is 18.3. The van der Waals surface area contributed by atoms with Crippen molar-refractivity contribution in [2.75, 3.05) is 0 Å². The summed E-state index contributed by atoms with van der Waals surface area (Å²) in [7, 11) is 0. The molecular weight excluding hydrogens is 1750 g/mol. The molecule has 0 unspecified atom stereocenters. The monoisotopic (exact) mass is 1840 g/mol. The Balaban J connectivity index is 0.000000137. The highest BCUT2D eigenvalue weighted by atomic mass is 16.3. The third-order valence-corrected chi connectivity index (χ3v) is 30.7. The fraction of sp³-hybridized carbons (Fsp3) is 0.0448. The summed E-state index contributed by atoms with van der Waals surface area (Å²) in [5.74, 6) is 1.40. The third-order valence-electron chi connectivity index (χ3n) is 30.7. The van der Waals surface area contributed by atoms with Crippen molar-refractivity contribution in [2.24, 2.45) is 0 Å². The second-order valence-corrected chi connectivity index (χ2v) is 39.5. The number of nitrogens with zero attached hydrogens (tertiary/aromatic N) is 8. The predicted octanol–water partition coefficient (Wildman–Crippen LogP) is 35.1. The number of aromatic nitrogens is 8. The highest BCUT2D eigenvalue weighted by molar-refractivity contribution is 6.21. The standard InChI is InChI=1S/2C67H44N4O/c1-67(2)56-24-14-12-22-48(56)50-36-53-51-34-44(45-28-32-60-52(35-45)54-37-55-49-23-13-15-25-64(49)72-65(55)40-63(54)70(60)46-20-10-5-11-21-46)29-33-61(51)71(62(53)38-57(50)67)47-30-26-42(27-31-47)59-39-58(41-16-6-3-7-17-41)68-66(69-59)43-18-8-4-9-19-43;1-67(2)56-24-14-12-22-48(56)50-36-53-51-34-44(45-28-32-60-52(35-45)54-37-55-49-23-13-15-25-64(49)72-65(55)40-63(54)70(60)46-20-10-5-11-21-46)29-33-61(51)71(62(53)38-57(50)67)47-30-26-43(27-31-47)66-68-58(41-16-6-3-7-17-41)39-59(69-66)42-18-8-4-9-19-42/h2*3-40H,1-2H3. The van der Waals surface area contributed by atoms with Crippen LogP contribution >= 0.6 is 0 Å². The molecule has 0 spiro atoms. The molecule has 20 aromatic carbocycles. The molecule has 0 fully saturated rings. The van der Waals surface area contributed by atoms with E-state index in [1.54, 1.807) is 0 Å². The van der Waals surface area contributed by atoms with E-state index in [9.17, 15) is 0 Å². The molecule has 0 aliphatic heterocycles. The van der Waals surface area contributed by atoms with Crippen LogP contribution in [-0.4, -0.2) is 38.2 Å². The zero-order chi connectivity index (χ0) is 95.3. The fourth-order valence-electron chi connectivity index (χ4n) is 23.6. The van der Waals surface area contributed by atoms with Crippen LogP contribution in [0.2, 0.25) is 0 Å². The van der Waals surface area contributed by atoms with E-state index in [1.807, 2.05) is 48.5 Å². The molecule has 2 aliphatic carbocycles. The summed E-state index contributed by atoms with van der Waals surface area (Å²) in [5, 5.41) is 14.2. The van der Waals surface area contributed by atoms with Crippen LogP contribution in [0.3, 0.4) is 0 Å². The zero-order valence-corrected chi connectivity index (χ0v) is 79.3. The second-order valence-electron chi connectivity index (χ2n) is 39.5. The van der Waals surface area contributed by atoms with Gasteiger partial charge in [0.05, 0.1) is 66.9 Å². The van der Waals surface area contributed by atoms with Crippen LogP contribution in [0, 0.1) is 0 Å². The third kappa shape index (κ3) is 13.0. The van der Waals surface area contributed by atoms with E-state index in [1.165, 1.54) is 121 Å². The fourth-order valence-corrected chi connectivity index (χ4v) is 23.6. The highest BCUT2D eigenvalue weighted by Crippen LogP contribution is 2.55. The molecule has 0 radical (unpaired) electrons. The Morgan fingerprint density at radius 2 is 0.431 bits per heavy atom. The lowest BCUT2D eigenvalue weighted by Gasteiger charge is -2.21. The summed E-state index contributed by atoms with van der Waals surface area (Å²) in [4.78, 5) is 20.5. The van der Waals surface area contributed by atoms with Gasteiger partial charge in [-0.3, -0.25) is 0 Å². The average Bonchev–Trinajstić information content (AvgIpc) is 1.62. The van der Waals surface area contributed by atoms with Crippen LogP contribution in [0.1, 0.15) is 49.9 Å². The molecule has 8 aromatic heterocycles. The van der Waals surface area contributed by atoms with Crippen molar-refractivity contribution < 1.29 is 8.83 Å². The molecule has 2 aliphatic rings. The highest BCUT2D eigenvalue weighted by Gasteiger charge is 2.39. The first-order chi connectivity index (χ1) is 70.8. The van der Waals surface area contributed by atoms with Gasteiger partial charge in [0.25, 0.3) is 0 Å². The number of hydrogen-bond acceptors (Lipinski definition) is 6. The summed E-state index contributed by atoms with van der Waals surface area (Å²) in [6, 6.07) is 166. The lowest BCUT2D eigenvalue weighted by atomic mass is 9.82. The lowest BCUT2D eigenvalue weighted by Crippen LogP contribution is -2.14. The molecule has 0 saturated heterocycles. The average molecular weight is 1840 g/mol. The maximum Gasteiger partial charge on any atom is 0.160 e. The zero-order valence-electron chi connectivity index (χ0n) is 79.3. The quantitative estimate of drug-likeness (QED) is 0.121. The van der Waals surface area contributed by atoms with E-state index in [2.05, 4.69) is 458 Å². The molecule has 0 bridgehead atoms. The maximum absolute atomic E-state index is 6.45. The molecule has 30 rings (SSSR count).